The summed E-state index contributed by atoms with van der Waals surface area (Å²) in [6.07, 6.45) is 0.852. The Hall–Kier alpha value is -2.60. The van der Waals surface area contributed by atoms with Crippen LogP contribution in [0.2, 0.25) is 5.02 Å². The van der Waals surface area contributed by atoms with Crippen LogP contribution in [0.5, 0.6) is 0 Å². The lowest BCUT2D eigenvalue weighted by atomic mass is 9.85. The van der Waals surface area contributed by atoms with Gasteiger partial charge in [-0.15, -0.1) is 0 Å². The summed E-state index contributed by atoms with van der Waals surface area (Å²) in [5.41, 5.74) is 4.62. The molecule has 0 N–H and O–H groups in total. The molecule has 0 aliphatic carbocycles. The van der Waals surface area contributed by atoms with Gasteiger partial charge >= 0.3 is 0 Å². The van der Waals surface area contributed by atoms with Crippen LogP contribution in [-0.4, -0.2) is 4.90 Å². The summed E-state index contributed by atoms with van der Waals surface area (Å²) in [6, 6.07) is 28.9. The van der Waals surface area contributed by atoms with Crippen molar-refractivity contribution in [2.24, 2.45) is 0 Å². The quantitative estimate of drug-likeness (QED) is 0.600. The van der Waals surface area contributed by atoms with Crippen LogP contribution in [-0.2, 0) is 13.0 Å². The Balaban J connectivity index is 1.82. The molecule has 1 aliphatic heterocycles. The first-order chi connectivity index (χ1) is 12.8. The fourth-order valence-corrected chi connectivity index (χ4v) is 4.11. The molecule has 3 aromatic carbocycles. The number of halogens is 1. The summed E-state index contributed by atoms with van der Waals surface area (Å²) < 4.78 is 0. The van der Waals surface area contributed by atoms with Crippen molar-refractivity contribution in [3.05, 3.63) is 106 Å². The molecule has 0 spiro atoms. The van der Waals surface area contributed by atoms with Crippen LogP contribution < -0.4 is 0 Å². The Labute approximate surface area is 159 Å². The summed E-state index contributed by atoms with van der Waals surface area (Å²) in [5.74, 6) is 0. The number of nitrogens with zero attached hydrogens (tertiary/aromatic N) is 2. The third kappa shape index (κ3) is 3.12. The molecule has 0 saturated carbocycles. The van der Waals surface area contributed by atoms with Crippen LogP contribution in [0.1, 0.15) is 34.3 Å². The highest BCUT2D eigenvalue weighted by atomic mass is 35.5. The van der Waals surface area contributed by atoms with Gasteiger partial charge in [0.05, 0.1) is 6.07 Å². The minimum absolute atomic E-state index is 0.0726. The maximum absolute atomic E-state index is 10.00. The average molecular weight is 359 g/mol. The number of fused-ring (bicyclic) bond motifs is 1. The van der Waals surface area contributed by atoms with Gasteiger partial charge in [-0.05, 0) is 34.7 Å². The largest absolute Gasteiger partial charge is 0.273 e. The topological polar surface area (TPSA) is 27.0 Å². The molecule has 3 aromatic rings. The van der Waals surface area contributed by atoms with Crippen LogP contribution in [0.25, 0.3) is 0 Å². The van der Waals surface area contributed by atoms with Gasteiger partial charge in [-0.1, -0.05) is 84.4 Å². The molecule has 2 unspecified atom stereocenters. The Morgan fingerprint density at radius 3 is 2.27 bits per heavy atom. The summed E-state index contributed by atoms with van der Waals surface area (Å²) in [6.45, 7) is 0.712. The van der Waals surface area contributed by atoms with E-state index in [0.717, 1.165) is 22.6 Å². The van der Waals surface area contributed by atoms with E-state index < -0.39 is 0 Å². The molecule has 0 aromatic heterocycles. The lowest BCUT2D eigenvalue weighted by Crippen LogP contribution is -2.37. The predicted octanol–water partition coefficient (Wildman–Crippen LogP) is 5.70. The molecule has 26 heavy (non-hydrogen) atoms. The average Bonchev–Trinajstić information content (AvgIpc) is 2.69. The number of hydrogen-bond acceptors (Lipinski definition) is 2. The van der Waals surface area contributed by atoms with Gasteiger partial charge in [0.2, 0.25) is 0 Å². The van der Waals surface area contributed by atoms with E-state index in [1.165, 1.54) is 11.1 Å². The van der Waals surface area contributed by atoms with Gasteiger partial charge in [0.1, 0.15) is 6.04 Å². The number of benzene rings is 3. The van der Waals surface area contributed by atoms with E-state index in [9.17, 15) is 5.26 Å². The second kappa shape index (κ2) is 7.33. The van der Waals surface area contributed by atoms with Crippen molar-refractivity contribution >= 4 is 11.6 Å². The Kier molecular flexibility index (Phi) is 4.75. The molecule has 0 bridgehead atoms. The van der Waals surface area contributed by atoms with Crippen molar-refractivity contribution < 1.29 is 0 Å². The summed E-state index contributed by atoms with van der Waals surface area (Å²) >= 11 is 6.53. The zero-order valence-corrected chi connectivity index (χ0v) is 15.1. The summed E-state index contributed by atoms with van der Waals surface area (Å²) in [5, 5.41) is 10.8. The zero-order valence-electron chi connectivity index (χ0n) is 14.3. The first-order valence-corrected chi connectivity index (χ1v) is 9.17. The summed E-state index contributed by atoms with van der Waals surface area (Å²) in [4.78, 5) is 2.28. The molecule has 1 heterocycles. The predicted molar refractivity (Wildman–Crippen MR) is 105 cm³/mol. The fraction of sp³-hybridized carbons (Fsp3) is 0.174. The standard InChI is InChI=1S/C23H19ClN2/c24-21-13-7-6-12-20(21)22-14-18-10-4-5-11-19(18)23(15-25)26(22)16-17-8-2-1-3-9-17/h1-13,22-23H,14,16H2. The lowest BCUT2D eigenvalue weighted by molar-refractivity contribution is 0.138. The normalized spacial score (nSPS) is 19.5. The molecule has 0 radical (unpaired) electrons. The highest BCUT2D eigenvalue weighted by molar-refractivity contribution is 6.31. The van der Waals surface area contributed by atoms with Gasteiger partial charge < -0.3 is 0 Å². The van der Waals surface area contributed by atoms with E-state index in [-0.39, 0.29) is 12.1 Å². The van der Waals surface area contributed by atoms with Crippen LogP contribution >= 0.6 is 11.6 Å². The van der Waals surface area contributed by atoms with Gasteiger partial charge in [0.25, 0.3) is 0 Å². The van der Waals surface area contributed by atoms with E-state index in [0.29, 0.717) is 6.54 Å². The van der Waals surface area contributed by atoms with Gasteiger partial charge in [-0.3, -0.25) is 4.90 Å². The Morgan fingerprint density at radius 2 is 1.54 bits per heavy atom. The molecule has 0 saturated heterocycles. The second-order valence-corrected chi connectivity index (χ2v) is 7.04. The van der Waals surface area contributed by atoms with Gasteiger partial charge in [0.15, 0.2) is 0 Å². The minimum atomic E-state index is -0.290. The Morgan fingerprint density at radius 1 is 0.885 bits per heavy atom. The van der Waals surface area contributed by atoms with Crippen LogP contribution in [0.3, 0.4) is 0 Å². The number of rotatable bonds is 3. The zero-order chi connectivity index (χ0) is 17.9. The highest BCUT2D eigenvalue weighted by Gasteiger charge is 2.35. The summed E-state index contributed by atoms with van der Waals surface area (Å²) in [7, 11) is 0. The first kappa shape index (κ1) is 16.8. The molecule has 3 heteroatoms. The Bertz CT molecular complexity index is 946. The molecule has 1 aliphatic rings. The molecular weight excluding hydrogens is 340 g/mol. The van der Waals surface area contributed by atoms with Crippen LogP contribution in [0, 0.1) is 11.3 Å². The van der Waals surface area contributed by atoms with Crippen molar-refractivity contribution in [2.45, 2.75) is 25.0 Å². The van der Waals surface area contributed by atoms with Gasteiger partial charge in [-0.25, -0.2) is 0 Å². The highest BCUT2D eigenvalue weighted by Crippen LogP contribution is 2.42. The lowest BCUT2D eigenvalue weighted by Gasteiger charge is -2.41. The molecule has 128 valence electrons. The van der Waals surface area contributed by atoms with E-state index in [1.54, 1.807) is 0 Å². The molecular formula is C23H19ClN2. The van der Waals surface area contributed by atoms with Gasteiger partial charge in [0, 0.05) is 17.6 Å². The van der Waals surface area contributed by atoms with E-state index >= 15 is 0 Å². The minimum Gasteiger partial charge on any atom is -0.273 e. The van der Waals surface area contributed by atoms with Crippen molar-refractivity contribution in [1.82, 2.24) is 4.90 Å². The van der Waals surface area contributed by atoms with Crippen molar-refractivity contribution in [2.75, 3.05) is 0 Å². The van der Waals surface area contributed by atoms with Gasteiger partial charge in [-0.2, -0.15) is 5.26 Å². The fourth-order valence-electron chi connectivity index (χ4n) is 3.84. The smallest absolute Gasteiger partial charge is 0.124 e. The van der Waals surface area contributed by atoms with Crippen molar-refractivity contribution in [3.8, 4) is 6.07 Å². The second-order valence-electron chi connectivity index (χ2n) is 6.63. The maximum atomic E-state index is 10.00. The van der Waals surface area contributed by atoms with E-state index in [1.807, 2.05) is 48.5 Å². The van der Waals surface area contributed by atoms with E-state index in [2.05, 4.69) is 41.3 Å². The van der Waals surface area contributed by atoms with Crippen molar-refractivity contribution in [1.29, 1.82) is 5.26 Å². The first-order valence-electron chi connectivity index (χ1n) is 8.79. The van der Waals surface area contributed by atoms with E-state index in [4.69, 9.17) is 11.6 Å². The molecule has 0 amide bonds. The van der Waals surface area contributed by atoms with Crippen molar-refractivity contribution in [3.63, 3.8) is 0 Å². The van der Waals surface area contributed by atoms with Crippen LogP contribution in [0.15, 0.2) is 78.9 Å². The molecule has 2 atom stereocenters. The van der Waals surface area contributed by atoms with Crippen LogP contribution in [0.4, 0.5) is 0 Å². The monoisotopic (exact) mass is 358 g/mol. The number of hydrogen-bond donors (Lipinski definition) is 0. The molecule has 2 nitrogen and oxygen atoms in total. The third-order valence-electron chi connectivity index (χ3n) is 5.09. The maximum Gasteiger partial charge on any atom is 0.124 e. The SMILES string of the molecule is N#CC1c2ccccc2CC(c2ccccc2Cl)N1Cc1ccccc1. The number of nitriles is 1. The molecule has 4 rings (SSSR count). The third-order valence-corrected chi connectivity index (χ3v) is 5.43. The molecule has 0 fully saturated rings.